The van der Waals surface area contributed by atoms with E-state index in [4.69, 9.17) is 19.2 Å². The summed E-state index contributed by atoms with van der Waals surface area (Å²) in [6.45, 7) is 0. The Morgan fingerprint density at radius 1 is 0.136 bits per heavy atom. The number of nitrogens with zero attached hydrogens (tertiary/aromatic N) is 11. The number of amides is 11. The third-order valence-electron chi connectivity index (χ3n) is 2.32. The van der Waals surface area contributed by atoms with Crippen molar-refractivity contribution in [2.24, 2.45) is 0 Å². The number of hydrogen-bond acceptors (Lipinski definition) is 15. The second-order valence-corrected chi connectivity index (χ2v) is 13.3. The summed E-state index contributed by atoms with van der Waals surface area (Å²) >= 11 is 0. The van der Waals surface area contributed by atoms with Gasteiger partial charge in [0.05, 0.1) is 0 Å². The average molecular weight is 4090 g/mol. The maximum Gasteiger partial charge on any atom is 0.209 e. The molecule has 0 N–H and O–H groups in total. The first-order chi connectivity index (χ1) is 27.0. The fourth-order valence-corrected chi connectivity index (χ4v) is 0. The predicted molar refractivity (Wildman–Crippen MR) is 259 cm³/mol. The van der Waals surface area contributed by atoms with Crippen molar-refractivity contribution in [2.75, 3.05) is 155 Å². The minimum atomic E-state index is -5.61. The van der Waals surface area contributed by atoms with E-state index in [-0.39, 0.29) is 505 Å². The fourth-order valence-electron chi connectivity index (χ4n) is 0. The van der Waals surface area contributed by atoms with Gasteiger partial charge < -0.3 is 279 Å². The smallest absolute Gasteiger partial charge is 0.209 e. The molecule has 11 amide bonds. The van der Waals surface area contributed by atoms with Crippen LogP contribution in [0.25, 0.3) is 0 Å². The SMILES string of the molecule is CN(C)C=O.CN(C)C=O.CN(C)C=O.CN(C)C=O.CN(C)C=O.CN(C)C=O.CN(C)C=O.CN(C)C=O.CN(C)C=O.CN(C)C=O.CN(C)C=O.[O-2].[O-2].[O-2].[O-2].[O-2].[O-2].[O-2].[O-2].[O-2].[O-2].[O-2].[O-2].[O-2].[O-2].[O-2].[O-2].[O-2].[O-2].[O-2].[O-2].[O-2].[O-2].[O-2].[O-2].[O-2].[O-2].[O-2].[O-2].[O-2].[O-2].[O-2].[O-2].[O-2].[O-2].[O-2].[O-2].[O-][Si]([O-])([O-])[O-].[Pb].[Pb].[W].[W].[W].[W].[W].[W].[W].[W].[W].[W].[W].[W]. The van der Waals surface area contributed by atoms with E-state index in [0.29, 0.717) is 0 Å². The molecule has 8 radical (unpaired) electrons. The van der Waals surface area contributed by atoms with Crippen molar-refractivity contribution in [3.05, 3.63) is 0 Å². The molecule has 0 unspecified atom stereocenters. The standard InChI is InChI=1S/11C3H7NO.O4Si.36O.2Pb.12W/c11*1-4(2)3-5;1-5(2,3)4;;;;;;;;;;;;;;;;;;;;;;;;;;;;;;;;;;;;;;;;;;;;;;;;;;/h11*3H,1-2H3;;;;;;;;;;;;;;;;;;;;;;;;;;;;;;;;;;;;;;;;;;;;;;;;;;;/q;;;;;;;;;;;-4;36*-2;;;;;;;;;;;;;;. The van der Waals surface area contributed by atoms with Gasteiger partial charge in [0.25, 0.3) is 0 Å². The molecule has 0 aromatic heterocycles. The normalized spacial score (nSPS) is 3.95. The van der Waals surface area contributed by atoms with Crippen LogP contribution in [0.1, 0.15) is 0 Å². The van der Waals surface area contributed by atoms with Gasteiger partial charge in [-0.15, -0.1) is 0 Å². The van der Waals surface area contributed by atoms with Crippen molar-refractivity contribution in [3.8, 4) is 0 Å². The number of rotatable bonds is 11. The molecule has 0 rings (SSSR count). The van der Waals surface area contributed by atoms with E-state index in [2.05, 4.69) is 0 Å². The molecule has 730 valence electrons. The van der Waals surface area contributed by atoms with Gasteiger partial charge in [0.15, 0.2) is 0 Å². The zero-order valence-electron chi connectivity index (χ0n) is 60.5. The molecule has 0 saturated carbocycles. The minimum Gasteiger partial charge on any atom is -2.00 e. The molecule has 0 aliphatic heterocycles. The van der Waals surface area contributed by atoms with Gasteiger partial charge in [-0.3, -0.25) is 52.7 Å². The van der Waals surface area contributed by atoms with E-state index < -0.39 is 9.05 Å². The van der Waals surface area contributed by atoms with Crippen LogP contribution in [-0.4, -0.2) is 343 Å². The molecule has 0 spiro atoms. The summed E-state index contributed by atoms with van der Waals surface area (Å²) in [4.78, 5) is 154. The van der Waals surface area contributed by atoms with Gasteiger partial charge in [-0.2, -0.15) is 0 Å². The Morgan fingerprint density at radius 3 is 0.145 bits per heavy atom. The predicted octanol–water partition coefficient (Wildman–Crippen LogP) is -13.5. The van der Waals surface area contributed by atoms with Gasteiger partial charge in [0.2, 0.25) is 70.5 Å². The third kappa shape index (κ3) is 2160. The summed E-state index contributed by atoms with van der Waals surface area (Å²) in [6, 6.07) is 0. The Hall–Kier alpha value is 2.89. The van der Waals surface area contributed by atoms with E-state index in [1.807, 2.05) is 0 Å². The molecule has 0 fully saturated rings. The molecule has 0 saturated heterocycles. The Morgan fingerprint density at radius 2 is 0.145 bits per heavy atom. The van der Waals surface area contributed by atoms with Crippen molar-refractivity contribution in [1.82, 2.24) is 53.9 Å². The Labute approximate surface area is 854 Å². The van der Waals surface area contributed by atoms with Gasteiger partial charge in [-0.25, -0.2) is 0 Å². The van der Waals surface area contributed by atoms with E-state index in [1.165, 1.54) is 53.9 Å². The monoisotopic (exact) mass is 4090 g/mol. The first-order valence-electron chi connectivity index (χ1n) is 16.1. The molecule has 77 heteroatoms. The van der Waals surface area contributed by atoms with Crippen LogP contribution in [0.2, 0.25) is 0 Å². The number of hydrogen-bond donors (Lipinski definition) is 0. The summed E-state index contributed by atoms with van der Waals surface area (Å²) in [5, 5.41) is 0. The molecule has 0 aliphatic carbocycles. The average Bonchev–Trinajstić information content (AvgIpc) is 3.16. The maximum absolute atomic E-state index is 9.43. The fraction of sp³-hybridized carbons (Fsp3) is 0.667. The van der Waals surface area contributed by atoms with Crippen molar-refractivity contribution in [2.45, 2.75) is 0 Å². The van der Waals surface area contributed by atoms with Crippen LogP contribution in [-0.2, 0) is 503 Å². The summed E-state index contributed by atoms with van der Waals surface area (Å²) in [6.07, 6.45) is 8.25. The second-order valence-electron chi connectivity index (χ2n) is 12.3. The molecular formula is C33H77N11O51Pb2SiW12-76. The summed E-state index contributed by atoms with van der Waals surface area (Å²) in [5.74, 6) is 0. The van der Waals surface area contributed by atoms with E-state index in [1.54, 1.807) is 155 Å². The molecule has 0 heterocycles. The number of carbonyl (C=O) groups excluding carboxylic acids is 11. The summed E-state index contributed by atoms with van der Waals surface area (Å²) in [5.41, 5.74) is 0. The Bertz CT molecular complexity index is 808. The molecule has 0 bridgehead atoms. The van der Waals surface area contributed by atoms with Crippen LogP contribution in [0, 0.1) is 0 Å². The minimum absolute atomic E-state index is 0. The van der Waals surface area contributed by atoms with Crippen molar-refractivity contribution in [1.29, 1.82) is 0 Å². The van der Waals surface area contributed by atoms with Crippen LogP contribution in [0.15, 0.2) is 0 Å². The molecule has 0 aromatic rings. The third-order valence-corrected chi connectivity index (χ3v) is 2.32. The van der Waals surface area contributed by atoms with Gasteiger partial charge in [0, 0.05) is 462 Å². The molecule has 110 heavy (non-hydrogen) atoms. The first kappa shape index (κ1) is 546. The van der Waals surface area contributed by atoms with Gasteiger partial charge in [0.1, 0.15) is 0 Å². The van der Waals surface area contributed by atoms with Crippen LogP contribution >= 0.6 is 0 Å². The summed E-state index contributed by atoms with van der Waals surface area (Å²) in [7, 11) is 31.5. The second kappa shape index (κ2) is 492. The maximum atomic E-state index is 9.43. The zero-order valence-corrected chi connectivity index (χ0v) is 104. The van der Waals surface area contributed by atoms with Crippen LogP contribution in [0.3, 0.4) is 0 Å². The molecule has 0 atom stereocenters. The van der Waals surface area contributed by atoms with Gasteiger partial charge in [-0.1, -0.05) is 0 Å². The topological polar surface area (TPSA) is 1340 Å². The van der Waals surface area contributed by atoms with Crippen LogP contribution in [0.4, 0.5) is 0 Å². The first-order valence-corrected chi connectivity index (χ1v) is 17.7. The van der Waals surface area contributed by atoms with Gasteiger partial charge >= 0.3 is 0 Å². The Kier molecular flexibility index (Phi) is 2440. The molecular weight excluding hydrogens is 4010 g/mol. The van der Waals surface area contributed by atoms with Crippen molar-refractivity contribution < 1.29 is 522 Å². The van der Waals surface area contributed by atoms with E-state index in [0.717, 1.165) is 70.5 Å². The van der Waals surface area contributed by atoms with Gasteiger partial charge in [-0.05, 0) is 0 Å². The van der Waals surface area contributed by atoms with Crippen molar-refractivity contribution in [3.63, 3.8) is 0 Å². The molecule has 0 aliphatic rings. The quantitative estimate of drug-likeness (QED) is 0.137. The number of carbonyl (C=O) groups is 11. The van der Waals surface area contributed by atoms with Crippen LogP contribution < -0.4 is 19.2 Å². The van der Waals surface area contributed by atoms with E-state index >= 15 is 0 Å². The largest absolute Gasteiger partial charge is 2.00 e. The zero-order chi connectivity index (χ0) is 51.6. The van der Waals surface area contributed by atoms with Crippen molar-refractivity contribution >= 4 is 134 Å². The summed E-state index contributed by atoms with van der Waals surface area (Å²) < 4.78 is 0. The Balaban J connectivity index is -0.00000000366. The van der Waals surface area contributed by atoms with E-state index in [9.17, 15) is 52.7 Å². The van der Waals surface area contributed by atoms with Crippen LogP contribution in [0.5, 0.6) is 0 Å². The molecule has 62 nitrogen and oxygen atoms in total. The molecule has 0 aromatic carbocycles.